The average molecular weight is 275 g/mol. The highest BCUT2D eigenvalue weighted by molar-refractivity contribution is 6.85. The summed E-state index contributed by atoms with van der Waals surface area (Å²) in [5.41, 5.74) is 2.52. The van der Waals surface area contributed by atoms with Crippen molar-refractivity contribution in [1.82, 2.24) is 0 Å². The number of rotatable bonds is 6. The maximum atomic E-state index is 12.5. The number of hydrogen-bond donors (Lipinski definition) is 0. The second-order valence-corrected chi connectivity index (χ2v) is 5.32. The lowest BCUT2D eigenvalue weighted by Gasteiger charge is -2.15. The molecular weight excluding hydrogens is 257 g/mol. The summed E-state index contributed by atoms with van der Waals surface area (Å²) in [6, 6.07) is 20.7. The minimum absolute atomic E-state index is 0.287. The summed E-state index contributed by atoms with van der Waals surface area (Å²) in [5.74, 6) is 0. The molecule has 0 aliphatic rings. The highest BCUT2D eigenvalue weighted by Gasteiger charge is 2.19. The second-order valence-electron chi connectivity index (χ2n) is 4.70. The Labute approximate surface area is 119 Å². The van der Waals surface area contributed by atoms with Crippen molar-refractivity contribution in [3.05, 3.63) is 60.7 Å². The molecule has 1 atom stereocenters. The van der Waals surface area contributed by atoms with E-state index in [4.69, 9.17) is 11.6 Å². The van der Waals surface area contributed by atoms with Crippen LogP contribution >= 0.6 is 11.6 Å². The molecule has 3 heteroatoms. The van der Waals surface area contributed by atoms with Crippen LogP contribution in [0.15, 0.2) is 60.7 Å². The maximum absolute atomic E-state index is 12.5. The Morgan fingerprint density at radius 1 is 0.895 bits per heavy atom. The van der Waals surface area contributed by atoms with E-state index >= 15 is 0 Å². The van der Waals surface area contributed by atoms with Gasteiger partial charge in [0.05, 0.1) is 5.38 Å². The van der Waals surface area contributed by atoms with Crippen LogP contribution in [0.3, 0.4) is 0 Å². The van der Waals surface area contributed by atoms with Crippen molar-refractivity contribution in [2.45, 2.75) is 18.1 Å². The molecule has 0 fully saturated rings. The Kier molecular flexibility index (Phi) is 5.47. The van der Waals surface area contributed by atoms with E-state index in [0.29, 0.717) is 6.42 Å². The first-order valence-corrected chi connectivity index (χ1v) is 7.05. The summed E-state index contributed by atoms with van der Waals surface area (Å²) in [6.45, 7) is -0.173. The zero-order valence-corrected chi connectivity index (χ0v) is 11.6. The Morgan fingerprint density at radius 2 is 1.37 bits per heavy atom. The molecule has 1 unspecified atom stereocenters. The highest BCUT2D eigenvalue weighted by atomic mass is 35.5. The van der Waals surface area contributed by atoms with Gasteiger partial charge in [0, 0.05) is 0 Å². The summed E-state index contributed by atoms with van der Waals surface area (Å²) in [5, 5.41) is -0.380. The Morgan fingerprint density at radius 3 is 1.79 bits per heavy atom. The van der Waals surface area contributed by atoms with Gasteiger partial charge < -0.3 is 0 Å². The molecule has 19 heavy (non-hydrogen) atoms. The molecule has 0 nitrogen and oxygen atoms in total. The maximum Gasteiger partial charge on any atom is 0.209 e. The molecule has 0 radical (unpaired) electrons. The second kappa shape index (κ2) is 7.35. The first kappa shape index (κ1) is 14.1. The molecule has 0 saturated carbocycles. The Bertz CT molecular complexity index is 435. The lowest BCUT2D eigenvalue weighted by molar-refractivity contribution is 0.474. The van der Waals surface area contributed by atoms with Gasteiger partial charge in [0.15, 0.2) is 0 Å². The van der Waals surface area contributed by atoms with E-state index in [1.165, 1.54) is 10.9 Å². The Balaban J connectivity index is 2.19. The standard InChI is InChI=1S/C16H17BClF/c18-16(13-19)11-12-17(14-7-3-1-4-8-14)15-9-5-2-6-10-15/h1-10,16H,11-13H2. The van der Waals surface area contributed by atoms with Crippen molar-refractivity contribution in [3.63, 3.8) is 0 Å². The van der Waals surface area contributed by atoms with Crippen molar-refractivity contribution >= 4 is 29.2 Å². The summed E-state index contributed by atoms with van der Waals surface area (Å²) in [7, 11) is 0. The molecule has 0 aliphatic carbocycles. The first-order valence-electron chi connectivity index (χ1n) is 6.61. The van der Waals surface area contributed by atoms with E-state index in [1.807, 2.05) is 36.4 Å². The normalized spacial score (nSPS) is 12.1. The zero-order chi connectivity index (χ0) is 13.5. The number of hydrogen-bond acceptors (Lipinski definition) is 0. The average Bonchev–Trinajstić information content (AvgIpc) is 2.49. The van der Waals surface area contributed by atoms with Gasteiger partial charge in [0.2, 0.25) is 6.71 Å². The van der Waals surface area contributed by atoms with Crippen LogP contribution in [0.25, 0.3) is 0 Å². The van der Waals surface area contributed by atoms with Crippen molar-refractivity contribution < 1.29 is 4.39 Å². The predicted molar refractivity (Wildman–Crippen MR) is 82.9 cm³/mol. The predicted octanol–water partition coefficient (Wildman–Crippen LogP) is 3.26. The molecule has 0 heterocycles. The molecule has 2 rings (SSSR count). The van der Waals surface area contributed by atoms with Gasteiger partial charge in [-0.25, -0.2) is 4.39 Å². The molecule has 0 bridgehead atoms. The van der Waals surface area contributed by atoms with Gasteiger partial charge in [-0.15, -0.1) is 11.6 Å². The van der Waals surface area contributed by atoms with Crippen LogP contribution in [0, 0.1) is 0 Å². The molecule has 98 valence electrons. The fourth-order valence-corrected chi connectivity index (χ4v) is 2.45. The summed E-state index contributed by atoms with van der Waals surface area (Å²) < 4.78 is 12.5. The van der Waals surface area contributed by atoms with Crippen LogP contribution in [0.4, 0.5) is 4.39 Å². The monoisotopic (exact) mass is 274 g/mol. The van der Waals surface area contributed by atoms with Crippen LogP contribution in [0.5, 0.6) is 0 Å². The van der Waals surface area contributed by atoms with Gasteiger partial charge in [-0.3, -0.25) is 0 Å². The number of alkyl halides is 2. The molecule has 0 aromatic heterocycles. The highest BCUT2D eigenvalue weighted by Crippen LogP contribution is 2.10. The lowest BCUT2D eigenvalue weighted by atomic mass is 9.38. The van der Waals surface area contributed by atoms with Crippen molar-refractivity contribution in [1.29, 1.82) is 0 Å². The van der Waals surface area contributed by atoms with Gasteiger partial charge in [0.1, 0.15) is 6.67 Å². The summed E-state index contributed by atoms with van der Waals surface area (Å²) >= 11 is 5.91. The third-order valence-electron chi connectivity index (χ3n) is 3.34. The third kappa shape index (κ3) is 4.10. The molecule has 2 aromatic carbocycles. The molecule has 0 spiro atoms. The van der Waals surface area contributed by atoms with Crippen LogP contribution in [-0.4, -0.2) is 18.8 Å². The minimum atomic E-state index is -0.460. The molecule has 0 aliphatic heterocycles. The molecule has 2 aromatic rings. The van der Waals surface area contributed by atoms with E-state index in [1.54, 1.807) is 0 Å². The molecule has 0 N–H and O–H groups in total. The summed E-state index contributed by atoms with van der Waals surface area (Å²) in [4.78, 5) is 0. The van der Waals surface area contributed by atoms with Gasteiger partial charge in [-0.05, 0) is 6.42 Å². The molecular formula is C16H17BClF. The van der Waals surface area contributed by atoms with E-state index in [2.05, 4.69) is 24.3 Å². The van der Waals surface area contributed by atoms with Crippen molar-refractivity contribution in [3.8, 4) is 0 Å². The fraction of sp³-hybridized carbons (Fsp3) is 0.250. The SMILES string of the molecule is FCC(Cl)CCB(c1ccccc1)c1ccccc1. The van der Waals surface area contributed by atoms with E-state index in [9.17, 15) is 4.39 Å². The molecule has 0 saturated heterocycles. The Hall–Kier alpha value is -1.28. The van der Waals surface area contributed by atoms with Crippen molar-refractivity contribution in [2.75, 3.05) is 6.67 Å². The van der Waals surface area contributed by atoms with Gasteiger partial charge >= 0.3 is 0 Å². The summed E-state index contributed by atoms with van der Waals surface area (Å²) in [6.07, 6.45) is 1.55. The fourth-order valence-electron chi connectivity index (χ4n) is 2.32. The van der Waals surface area contributed by atoms with Crippen LogP contribution < -0.4 is 10.9 Å². The topological polar surface area (TPSA) is 0 Å². The quantitative estimate of drug-likeness (QED) is 0.560. The van der Waals surface area contributed by atoms with Crippen LogP contribution in [0.2, 0.25) is 6.32 Å². The van der Waals surface area contributed by atoms with Gasteiger partial charge in [0.25, 0.3) is 0 Å². The van der Waals surface area contributed by atoms with Gasteiger partial charge in [-0.2, -0.15) is 0 Å². The molecule has 0 amide bonds. The lowest BCUT2D eigenvalue weighted by Crippen LogP contribution is -2.42. The number of benzene rings is 2. The van der Waals surface area contributed by atoms with E-state index < -0.39 is 6.67 Å². The van der Waals surface area contributed by atoms with E-state index in [-0.39, 0.29) is 12.1 Å². The largest absolute Gasteiger partial charge is 0.249 e. The first-order chi connectivity index (χ1) is 9.31. The zero-order valence-electron chi connectivity index (χ0n) is 10.8. The van der Waals surface area contributed by atoms with Gasteiger partial charge in [-0.1, -0.05) is 77.9 Å². The van der Waals surface area contributed by atoms with E-state index in [0.717, 1.165) is 6.32 Å². The van der Waals surface area contributed by atoms with Crippen LogP contribution in [0.1, 0.15) is 6.42 Å². The van der Waals surface area contributed by atoms with Crippen molar-refractivity contribution in [2.24, 2.45) is 0 Å². The van der Waals surface area contributed by atoms with Crippen LogP contribution in [-0.2, 0) is 0 Å². The third-order valence-corrected chi connectivity index (χ3v) is 3.67. The number of halogens is 2. The smallest absolute Gasteiger partial charge is 0.209 e. The minimum Gasteiger partial charge on any atom is -0.249 e.